The highest BCUT2D eigenvalue weighted by Crippen LogP contribution is 2.15. The molecule has 0 aliphatic rings. The minimum atomic E-state index is -1.19. The van der Waals surface area contributed by atoms with Gasteiger partial charge in [0.15, 0.2) is 0 Å². The molecule has 0 aliphatic carbocycles. The highest BCUT2D eigenvalue weighted by Gasteiger charge is 2.11. The molecule has 0 aromatic rings. The zero-order valence-electron chi connectivity index (χ0n) is 6.31. The first-order chi connectivity index (χ1) is 4.46. The van der Waals surface area contributed by atoms with Gasteiger partial charge in [-0.15, -0.1) is 0 Å². The second kappa shape index (κ2) is 3.34. The van der Waals surface area contributed by atoms with E-state index < -0.39 is 11.8 Å². The molecule has 0 aromatic heterocycles. The molecule has 0 aliphatic heterocycles. The minimum absolute atomic E-state index is 0.199. The number of hydrogen-bond acceptors (Lipinski definition) is 1. The molecule has 0 radical (unpaired) electrons. The van der Waals surface area contributed by atoms with Gasteiger partial charge in [-0.05, 0) is 6.92 Å². The second-order valence-corrected chi connectivity index (χ2v) is 2.43. The summed E-state index contributed by atoms with van der Waals surface area (Å²) >= 11 is 0. The lowest BCUT2D eigenvalue weighted by Crippen LogP contribution is -2.02. The number of carbonyl (C=O) groups is 1. The molecular formula is C7H11FO2. The van der Waals surface area contributed by atoms with Gasteiger partial charge >= 0.3 is 5.97 Å². The maximum Gasteiger partial charge on any atom is 0.333 e. The van der Waals surface area contributed by atoms with E-state index in [4.69, 9.17) is 5.11 Å². The molecule has 0 saturated carbocycles. The van der Waals surface area contributed by atoms with E-state index in [1.165, 1.54) is 6.92 Å². The Kier molecular flexibility index (Phi) is 3.06. The fourth-order valence-corrected chi connectivity index (χ4v) is 0.535. The maximum atomic E-state index is 12.7. The highest BCUT2D eigenvalue weighted by atomic mass is 19.1. The average molecular weight is 146 g/mol. The third-order valence-electron chi connectivity index (χ3n) is 1.19. The zero-order valence-corrected chi connectivity index (χ0v) is 6.31. The lowest BCUT2D eigenvalue weighted by Gasteiger charge is -2.01. The number of halogens is 1. The molecule has 2 nitrogen and oxygen atoms in total. The summed E-state index contributed by atoms with van der Waals surface area (Å²) in [6, 6.07) is 0. The quantitative estimate of drug-likeness (QED) is 0.605. The third-order valence-corrected chi connectivity index (χ3v) is 1.19. The second-order valence-electron chi connectivity index (χ2n) is 2.43. The molecule has 58 valence electrons. The van der Waals surface area contributed by atoms with E-state index in [9.17, 15) is 9.18 Å². The molecule has 0 aromatic carbocycles. The van der Waals surface area contributed by atoms with Crippen molar-refractivity contribution in [3.05, 3.63) is 11.4 Å². The Morgan fingerprint density at radius 1 is 1.50 bits per heavy atom. The Hall–Kier alpha value is -0.860. The summed E-state index contributed by atoms with van der Waals surface area (Å²) in [6.45, 7) is 4.49. The van der Waals surface area contributed by atoms with Crippen molar-refractivity contribution in [2.45, 2.75) is 20.8 Å². The van der Waals surface area contributed by atoms with Gasteiger partial charge in [0.1, 0.15) is 5.83 Å². The van der Waals surface area contributed by atoms with Crippen molar-refractivity contribution in [3.8, 4) is 0 Å². The van der Waals surface area contributed by atoms with Gasteiger partial charge in [-0.25, -0.2) is 9.18 Å². The van der Waals surface area contributed by atoms with Crippen LogP contribution in [0.2, 0.25) is 0 Å². The van der Waals surface area contributed by atoms with Crippen LogP contribution in [0, 0.1) is 5.92 Å². The lowest BCUT2D eigenvalue weighted by molar-refractivity contribution is -0.132. The molecule has 0 spiro atoms. The van der Waals surface area contributed by atoms with Gasteiger partial charge in [0.05, 0.1) is 5.57 Å². The first-order valence-corrected chi connectivity index (χ1v) is 3.06. The number of aliphatic carboxylic acids is 1. The van der Waals surface area contributed by atoms with Crippen LogP contribution in [0.4, 0.5) is 4.39 Å². The molecule has 0 bridgehead atoms. The van der Waals surface area contributed by atoms with Crippen LogP contribution in [-0.4, -0.2) is 11.1 Å². The van der Waals surface area contributed by atoms with Crippen LogP contribution in [0.25, 0.3) is 0 Å². The lowest BCUT2D eigenvalue weighted by atomic mass is 10.1. The summed E-state index contributed by atoms with van der Waals surface area (Å²) in [6.07, 6.45) is 0. The summed E-state index contributed by atoms with van der Waals surface area (Å²) in [5.74, 6) is -2.07. The number of rotatable bonds is 2. The Balaban J connectivity index is 4.50. The molecule has 0 rings (SSSR count). The normalized spacial score (nSPS) is 13.3. The van der Waals surface area contributed by atoms with Gasteiger partial charge in [-0.1, -0.05) is 13.8 Å². The van der Waals surface area contributed by atoms with Crippen molar-refractivity contribution in [2.75, 3.05) is 0 Å². The summed E-state index contributed by atoms with van der Waals surface area (Å²) < 4.78 is 12.7. The van der Waals surface area contributed by atoms with Crippen molar-refractivity contribution in [3.63, 3.8) is 0 Å². The first kappa shape index (κ1) is 9.14. The smallest absolute Gasteiger partial charge is 0.333 e. The zero-order chi connectivity index (χ0) is 8.31. The highest BCUT2D eigenvalue weighted by molar-refractivity contribution is 5.86. The van der Waals surface area contributed by atoms with Crippen LogP contribution < -0.4 is 0 Å². The van der Waals surface area contributed by atoms with Gasteiger partial charge in [-0.3, -0.25) is 0 Å². The average Bonchev–Trinajstić information content (AvgIpc) is 1.84. The molecule has 10 heavy (non-hydrogen) atoms. The fraction of sp³-hybridized carbons (Fsp3) is 0.571. The third kappa shape index (κ3) is 2.17. The molecule has 3 heteroatoms. The summed E-state index contributed by atoms with van der Waals surface area (Å²) in [5.41, 5.74) is -0.199. The largest absolute Gasteiger partial charge is 0.478 e. The number of carboxylic acid groups (broad SMARTS) is 1. The summed E-state index contributed by atoms with van der Waals surface area (Å²) in [7, 11) is 0. The Morgan fingerprint density at radius 3 is 2.00 bits per heavy atom. The Bertz CT molecular complexity index is 170. The molecule has 0 unspecified atom stereocenters. The van der Waals surface area contributed by atoms with Crippen LogP contribution in [-0.2, 0) is 4.79 Å². The topological polar surface area (TPSA) is 37.3 Å². The van der Waals surface area contributed by atoms with E-state index >= 15 is 0 Å². The fourth-order valence-electron chi connectivity index (χ4n) is 0.535. The first-order valence-electron chi connectivity index (χ1n) is 3.06. The van der Waals surface area contributed by atoms with E-state index in [2.05, 4.69) is 0 Å². The number of allylic oxidation sites excluding steroid dienone is 1. The van der Waals surface area contributed by atoms with Crippen LogP contribution in [0.15, 0.2) is 11.4 Å². The van der Waals surface area contributed by atoms with Gasteiger partial charge in [0.25, 0.3) is 0 Å². The Labute approximate surface area is 59.4 Å². The van der Waals surface area contributed by atoms with E-state index in [0.29, 0.717) is 0 Å². The molecule has 0 amide bonds. The van der Waals surface area contributed by atoms with Gasteiger partial charge in [0.2, 0.25) is 0 Å². The molecule has 0 heterocycles. The summed E-state index contributed by atoms with van der Waals surface area (Å²) in [5, 5.41) is 8.30. The number of hydrogen-bond donors (Lipinski definition) is 1. The SMILES string of the molecule is CC(C(=O)O)=C(F)C(C)C. The van der Waals surface area contributed by atoms with Gasteiger partial charge < -0.3 is 5.11 Å². The standard InChI is InChI=1S/C7H11FO2/c1-4(2)6(8)5(3)7(9)10/h4H,1-3H3,(H,9,10). The molecule has 0 fully saturated rings. The monoisotopic (exact) mass is 146 g/mol. The van der Waals surface area contributed by atoms with Crippen LogP contribution in [0.5, 0.6) is 0 Å². The van der Waals surface area contributed by atoms with Crippen LogP contribution >= 0.6 is 0 Å². The van der Waals surface area contributed by atoms with Crippen molar-refractivity contribution in [1.29, 1.82) is 0 Å². The predicted molar refractivity (Wildman–Crippen MR) is 36.3 cm³/mol. The van der Waals surface area contributed by atoms with Crippen molar-refractivity contribution in [2.24, 2.45) is 5.92 Å². The van der Waals surface area contributed by atoms with E-state index in [-0.39, 0.29) is 11.5 Å². The molecule has 1 N–H and O–H groups in total. The van der Waals surface area contributed by atoms with Crippen LogP contribution in [0.3, 0.4) is 0 Å². The van der Waals surface area contributed by atoms with E-state index in [1.54, 1.807) is 13.8 Å². The maximum absolute atomic E-state index is 12.7. The molecule has 0 atom stereocenters. The van der Waals surface area contributed by atoms with Gasteiger partial charge in [0, 0.05) is 5.92 Å². The van der Waals surface area contributed by atoms with E-state index in [1.807, 2.05) is 0 Å². The van der Waals surface area contributed by atoms with Crippen LogP contribution in [0.1, 0.15) is 20.8 Å². The van der Waals surface area contributed by atoms with E-state index in [0.717, 1.165) is 0 Å². The van der Waals surface area contributed by atoms with Crippen molar-refractivity contribution < 1.29 is 14.3 Å². The molecular weight excluding hydrogens is 135 g/mol. The van der Waals surface area contributed by atoms with Crippen molar-refractivity contribution >= 4 is 5.97 Å². The minimum Gasteiger partial charge on any atom is -0.478 e. The van der Waals surface area contributed by atoms with Gasteiger partial charge in [-0.2, -0.15) is 0 Å². The summed E-state index contributed by atoms with van der Waals surface area (Å²) in [4.78, 5) is 10.1. The predicted octanol–water partition coefficient (Wildman–Crippen LogP) is 1.97. The molecule has 0 saturated heterocycles. The van der Waals surface area contributed by atoms with Crippen molar-refractivity contribution in [1.82, 2.24) is 0 Å². The Morgan fingerprint density at radius 2 is 1.90 bits per heavy atom. The number of carboxylic acids is 1.